The van der Waals surface area contributed by atoms with Crippen LogP contribution in [0.3, 0.4) is 0 Å². The molecule has 0 saturated carbocycles. The maximum atomic E-state index is 3.63. The van der Waals surface area contributed by atoms with Crippen molar-refractivity contribution in [2.45, 2.75) is 24.9 Å². The second-order valence-electron chi connectivity index (χ2n) is 3.86. The van der Waals surface area contributed by atoms with Crippen LogP contribution in [0.25, 0.3) is 0 Å². The normalized spacial score (nSPS) is 19.7. The van der Waals surface area contributed by atoms with Crippen LogP contribution in [0.1, 0.15) is 19.3 Å². The summed E-state index contributed by atoms with van der Waals surface area (Å²) >= 11 is 0. The number of allylic oxidation sites excluding steroid dienone is 2. The molecule has 15 heavy (non-hydrogen) atoms. The molecule has 0 atom stereocenters. The van der Waals surface area contributed by atoms with Gasteiger partial charge in [0, 0.05) is 19.2 Å². The molecule has 0 amide bonds. The quantitative estimate of drug-likeness (QED) is 0.477. The van der Waals surface area contributed by atoms with Gasteiger partial charge in [0.1, 0.15) is 0 Å². The predicted octanol–water partition coefficient (Wildman–Crippen LogP) is 1.12. The van der Waals surface area contributed by atoms with Crippen LogP contribution in [-0.4, -0.2) is 26.8 Å². The Morgan fingerprint density at radius 2 is 2.00 bits per heavy atom. The molecule has 0 aromatic heterocycles. The van der Waals surface area contributed by atoms with Gasteiger partial charge in [0.2, 0.25) is 0 Å². The standard InChI is InChI=1S/C12H21N3/c1-5-6-10-7-8-12(14-3,15-4)9-11(10)13-2/h6,13-15H,1,7-9H2,2-4H3. The van der Waals surface area contributed by atoms with Crippen molar-refractivity contribution in [1.29, 1.82) is 0 Å². The zero-order valence-electron chi connectivity index (χ0n) is 9.91. The minimum Gasteiger partial charge on any atom is -0.391 e. The van der Waals surface area contributed by atoms with Gasteiger partial charge in [-0.15, -0.1) is 5.73 Å². The first-order chi connectivity index (χ1) is 7.21. The van der Waals surface area contributed by atoms with Gasteiger partial charge in [0.25, 0.3) is 0 Å². The summed E-state index contributed by atoms with van der Waals surface area (Å²) in [6.45, 7) is 3.63. The maximum absolute atomic E-state index is 3.63. The molecule has 0 heterocycles. The zero-order valence-corrected chi connectivity index (χ0v) is 9.91. The lowest BCUT2D eigenvalue weighted by molar-refractivity contribution is 0.255. The Hall–Kier alpha value is -1.02. The molecule has 0 bridgehead atoms. The molecule has 0 aromatic carbocycles. The van der Waals surface area contributed by atoms with E-state index in [0.717, 1.165) is 19.3 Å². The van der Waals surface area contributed by atoms with Gasteiger partial charge < -0.3 is 16.0 Å². The monoisotopic (exact) mass is 207 g/mol. The van der Waals surface area contributed by atoms with Crippen LogP contribution in [0, 0.1) is 0 Å². The van der Waals surface area contributed by atoms with Crippen molar-refractivity contribution in [3.8, 4) is 0 Å². The minimum absolute atomic E-state index is 0.0247. The van der Waals surface area contributed by atoms with E-state index in [4.69, 9.17) is 0 Å². The average Bonchev–Trinajstić information content (AvgIpc) is 2.30. The molecule has 84 valence electrons. The lowest BCUT2D eigenvalue weighted by atomic mass is 9.86. The summed E-state index contributed by atoms with van der Waals surface area (Å²) in [6, 6.07) is 0. The van der Waals surface area contributed by atoms with Gasteiger partial charge in [-0.1, -0.05) is 6.58 Å². The first-order valence-corrected chi connectivity index (χ1v) is 5.35. The lowest BCUT2D eigenvalue weighted by Crippen LogP contribution is -2.56. The number of nitrogens with one attached hydrogen (secondary N) is 3. The summed E-state index contributed by atoms with van der Waals surface area (Å²) in [5, 5.41) is 9.98. The summed E-state index contributed by atoms with van der Waals surface area (Å²) in [5.41, 5.74) is 5.45. The Balaban J connectivity index is 2.94. The summed E-state index contributed by atoms with van der Waals surface area (Å²) < 4.78 is 0. The van der Waals surface area contributed by atoms with Gasteiger partial charge in [-0.05, 0) is 38.6 Å². The van der Waals surface area contributed by atoms with E-state index in [0.29, 0.717) is 0 Å². The third kappa shape index (κ3) is 2.51. The van der Waals surface area contributed by atoms with E-state index in [-0.39, 0.29) is 5.66 Å². The average molecular weight is 207 g/mol. The second kappa shape index (κ2) is 5.17. The molecule has 1 rings (SSSR count). The Kier molecular flexibility index (Phi) is 4.15. The fraction of sp³-hybridized carbons (Fsp3) is 0.583. The highest BCUT2D eigenvalue weighted by molar-refractivity contribution is 5.29. The smallest absolute Gasteiger partial charge is 0.0741 e. The highest BCUT2D eigenvalue weighted by Gasteiger charge is 2.31. The van der Waals surface area contributed by atoms with Crippen LogP contribution in [0.2, 0.25) is 0 Å². The topological polar surface area (TPSA) is 36.1 Å². The van der Waals surface area contributed by atoms with E-state index >= 15 is 0 Å². The van der Waals surface area contributed by atoms with E-state index in [1.807, 2.05) is 27.2 Å². The highest BCUT2D eigenvalue weighted by atomic mass is 15.2. The molecule has 3 heteroatoms. The number of hydrogen-bond acceptors (Lipinski definition) is 3. The van der Waals surface area contributed by atoms with Crippen molar-refractivity contribution in [1.82, 2.24) is 16.0 Å². The van der Waals surface area contributed by atoms with Crippen LogP contribution in [0.5, 0.6) is 0 Å². The first-order valence-electron chi connectivity index (χ1n) is 5.35. The molecule has 0 fully saturated rings. The van der Waals surface area contributed by atoms with Crippen molar-refractivity contribution in [3.05, 3.63) is 29.7 Å². The number of hydrogen-bond donors (Lipinski definition) is 3. The van der Waals surface area contributed by atoms with Gasteiger partial charge in [0.15, 0.2) is 0 Å². The molecular formula is C12H21N3. The predicted molar refractivity (Wildman–Crippen MR) is 64.5 cm³/mol. The Bertz CT molecular complexity index is 294. The third-order valence-electron chi connectivity index (χ3n) is 3.22. The molecule has 1 aliphatic carbocycles. The summed E-state index contributed by atoms with van der Waals surface area (Å²) in [7, 11) is 5.96. The van der Waals surface area contributed by atoms with Crippen LogP contribution >= 0.6 is 0 Å². The molecule has 1 aliphatic rings. The van der Waals surface area contributed by atoms with E-state index in [9.17, 15) is 0 Å². The fourth-order valence-electron chi connectivity index (χ4n) is 2.09. The third-order valence-corrected chi connectivity index (χ3v) is 3.22. The molecule has 3 nitrogen and oxygen atoms in total. The molecule has 0 aromatic rings. The SMILES string of the molecule is C=C=CC1=C(NC)CC(NC)(NC)CC1. The number of rotatable bonds is 4. The fourth-order valence-corrected chi connectivity index (χ4v) is 2.09. The van der Waals surface area contributed by atoms with Gasteiger partial charge in [-0.3, -0.25) is 0 Å². The van der Waals surface area contributed by atoms with Gasteiger partial charge in [-0.2, -0.15) is 0 Å². The second-order valence-corrected chi connectivity index (χ2v) is 3.86. The van der Waals surface area contributed by atoms with Crippen molar-refractivity contribution in [2.24, 2.45) is 0 Å². The molecule has 0 spiro atoms. The van der Waals surface area contributed by atoms with E-state index in [1.165, 1.54) is 11.3 Å². The van der Waals surface area contributed by atoms with Crippen LogP contribution in [0.4, 0.5) is 0 Å². The molecular weight excluding hydrogens is 186 g/mol. The largest absolute Gasteiger partial charge is 0.391 e. The molecule has 3 N–H and O–H groups in total. The van der Waals surface area contributed by atoms with Gasteiger partial charge >= 0.3 is 0 Å². The van der Waals surface area contributed by atoms with Crippen LogP contribution in [-0.2, 0) is 0 Å². The van der Waals surface area contributed by atoms with E-state index in [1.54, 1.807) is 0 Å². The molecule has 0 aliphatic heterocycles. The van der Waals surface area contributed by atoms with Crippen LogP contribution in [0.15, 0.2) is 29.7 Å². The minimum atomic E-state index is 0.0247. The van der Waals surface area contributed by atoms with Gasteiger partial charge in [0.05, 0.1) is 5.66 Å². The van der Waals surface area contributed by atoms with E-state index < -0.39 is 0 Å². The van der Waals surface area contributed by atoms with Gasteiger partial charge in [-0.25, -0.2) is 0 Å². The Labute approximate surface area is 92.3 Å². The summed E-state index contributed by atoms with van der Waals surface area (Å²) in [6.07, 6.45) is 5.06. The molecule has 0 unspecified atom stereocenters. The highest BCUT2D eigenvalue weighted by Crippen LogP contribution is 2.29. The summed E-state index contributed by atoms with van der Waals surface area (Å²) in [4.78, 5) is 0. The van der Waals surface area contributed by atoms with Crippen LogP contribution < -0.4 is 16.0 Å². The van der Waals surface area contributed by atoms with Crippen molar-refractivity contribution in [3.63, 3.8) is 0 Å². The maximum Gasteiger partial charge on any atom is 0.0741 e. The Morgan fingerprint density at radius 1 is 1.33 bits per heavy atom. The molecule has 0 saturated heterocycles. The molecule has 0 radical (unpaired) electrons. The van der Waals surface area contributed by atoms with Crippen molar-refractivity contribution in [2.75, 3.05) is 21.1 Å². The van der Waals surface area contributed by atoms with Crippen molar-refractivity contribution >= 4 is 0 Å². The summed E-state index contributed by atoms with van der Waals surface area (Å²) in [5.74, 6) is 0. The Morgan fingerprint density at radius 3 is 2.47 bits per heavy atom. The first kappa shape index (κ1) is 12.1. The zero-order chi connectivity index (χ0) is 11.3. The van der Waals surface area contributed by atoms with E-state index in [2.05, 4.69) is 28.3 Å². The lowest BCUT2D eigenvalue weighted by Gasteiger charge is -2.38. The van der Waals surface area contributed by atoms with Crippen molar-refractivity contribution < 1.29 is 0 Å².